The Kier molecular flexibility index (Phi) is 13.1. The van der Waals surface area contributed by atoms with E-state index in [0.717, 1.165) is 0 Å². The third kappa shape index (κ3) is 8.47. The van der Waals surface area contributed by atoms with Gasteiger partial charge in [-0.1, -0.05) is 59.8 Å². The van der Waals surface area contributed by atoms with E-state index in [9.17, 15) is 40.0 Å². The lowest BCUT2D eigenvalue weighted by molar-refractivity contribution is -0.889. The molecule has 1 fully saturated rings. The van der Waals surface area contributed by atoms with E-state index in [-0.39, 0.29) is 81.5 Å². The number of phenolic OH excluding ortho intramolecular Hbond substituents is 2. The molecule has 0 aromatic heterocycles. The minimum Gasteiger partial charge on any atom is -0.633 e. The maximum atomic E-state index is 14.7. The highest BCUT2D eigenvalue weighted by atomic mass is 16.7. The molecule has 4 heterocycles. The number of esters is 1. The van der Waals surface area contributed by atoms with Crippen molar-refractivity contribution in [1.29, 1.82) is 0 Å². The second-order valence-corrected chi connectivity index (χ2v) is 18.3. The number of hydrogen-bond acceptors (Lipinski definition) is 14. The first-order chi connectivity index (χ1) is 29.0. The Morgan fingerprint density at radius 2 is 1.63 bits per heavy atom. The number of anilines is 1. The number of Topliss-reactive ketones (excluding diaryl/α,β-unsaturated/α-hetero) is 1. The summed E-state index contributed by atoms with van der Waals surface area (Å²) in [5.41, 5.74) is -0.980. The Hall–Kier alpha value is -4.87. The molecule has 1 amide bonds. The number of ketones is 1. The van der Waals surface area contributed by atoms with E-state index in [1.165, 1.54) is 46.3 Å². The van der Waals surface area contributed by atoms with Gasteiger partial charge in [0.25, 0.3) is 11.7 Å². The van der Waals surface area contributed by atoms with Gasteiger partial charge in [-0.2, -0.15) is 0 Å². The molecule has 1 saturated heterocycles. The average molecular weight is 863 g/mol. The molecule has 9 atom stereocenters. The zero-order valence-corrected chi connectivity index (χ0v) is 37.5. The summed E-state index contributed by atoms with van der Waals surface area (Å²) in [4.78, 5) is 51.1. The van der Waals surface area contributed by atoms with Crippen molar-refractivity contribution in [1.82, 2.24) is 0 Å². The van der Waals surface area contributed by atoms with E-state index in [0.29, 0.717) is 6.54 Å². The number of nitrogens with zero attached hydrogens (tertiary/aromatic N) is 3. The summed E-state index contributed by atoms with van der Waals surface area (Å²) in [6, 6.07) is 0. The number of methoxy groups -OCH3 is 1. The molecule has 0 saturated carbocycles. The van der Waals surface area contributed by atoms with Crippen LogP contribution in [-0.2, 0) is 23.8 Å². The molecule has 6 rings (SSSR count). The van der Waals surface area contributed by atoms with Gasteiger partial charge >= 0.3 is 11.8 Å². The molecule has 4 aliphatic rings. The number of benzene rings is 2. The first-order valence-electron chi connectivity index (χ1n) is 21.4. The van der Waals surface area contributed by atoms with Gasteiger partial charge in [0.2, 0.25) is 0 Å². The Balaban J connectivity index is 1.55. The number of carbonyl (C=O) groups excluding carboxylic acids is 3. The summed E-state index contributed by atoms with van der Waals surface area (Å²) in [6.07, 6.45) is 4.26. The van der Waals surface area contributed by atoms with Crippen molar-refractivity contribution in [2.24, 2.45) is 39.6 Å². The summed E-state index contributed by atoms with van der Waals surface area (Å²) in [6.45, 7) is 17.6. The predicted octanol–water partition coefficient (Wildman–Crippen LogP) is 4.76. The number of phenols is 2. The fourth-order valence-electron chi connectivity index (χ4n) is 9.44. The van der Waals surface area contributed by atoms with Crippen molar-refractivity contribution in [3.63, 3.8) is 0 Å². The van der Waals surface area contributed by atoms with E-state index in [2.05, 4.69) is 5.32 Å². The number of ether oxygens (including phenoxy) is 4. The highest BCUT2D eigenvalue weighted by Crippen LogP contribution is 2.50. The van der Waals surface area contributed by atoms with Gasteiger partial charge in [0.15, 0.2) is 11.4 Å². The van der Waals surface area contributed by atoms with Gasteiger partial charge in [0.05, 0.1) is 60.5 Å². The number of aromatic hydroxyl groups is 2. The Morgan fingerprint density at radius 3 is 2.24 bits per heavy atom. The highest BCUT2D eigenvalue weighted by molar-refractivity contribution is 6.19. The Labute approximate surface area is 361 Å². The second kappa shape index (κ2) is 17.4. The van der Waals surface area contributed by atoms with Gasteiger partial charge in [-0.25, -0.2) is 0 Å². The van der Waals surface area contributed by atoms with Crippen molar-refractivity contribution in [3.8, 4) is 17.2 Å². The minimum atomic E-state index is -2.00. The second-order valence-electron chi connectivity index (χ2n) is 18.3. The van der Waals surface area contributed by atoms with Gasteiger partial charge < -0.3 is 54.5 Å². The molecular weight excluding hydrogens is 801 g/mol. The minimum absolute atomic E-state index is 0.00253. The topological polar surface area (TPSA) is 229 Å². The van der Waals surface area contributed by atoms with Gasteiger partial charge in [-0.15, -0.1) is 0 Å². The lowest BCUT2D eigenvalue weighted by atomic mass is 9.78. The van der Waals surface area contributed by atoms with Crippen molar-refractivity contribution in [2.75, 3.05) is 32.1 Å². The maximum Gasteiger partial charge on any atom is 0.312 e. The zero-order chi connectivity index (χ0) is 45.8. The highest BCUT2D eigenvalue weighted by Gasteiger charge is 2.50. The normalized spacial score (nSPS) is 36.0. The quantitative estimate of drug-likeness (QED) is 0.121. The van der Waals surface area contributed by atoms with Gasteiger partial charge in [0.1, 0.15) is 28.6 Å². The number of likely N-dealkylation sites (tertiary alicyclic amines) is 1. The van der Waals surface area contributed by atoms with Crippen LogP contribution >= 0.6 is 0 Å². The number of fused-ring (bicyclic) bond motifs is 1. The summed E-state index contributed by atoms with van der Waals surface area (Å²) < 4.78 is 23.5. The molecule has 1 spiro atoms. The largest absolute Gasteiger partial charge is 0.633 e. The molecule has 0 radical (unpaired) electrons. The lowest BCUT2D eigenvalue weighted by Crippen LogP contribution is -2.54. The molecule has 2 aromatic carbocycles. The number of piperidine rings is 1. The Morgan fingerprint density at radius 1 is 0.984 bits per heavy atom. The van der Waals surface area contributed by atoms with E-state index in [1.807, 2.05) is 13.8 Å². The van der Waals surface area contributed by atoms with Crippen LogP contribution in [0.3, 0.4) is 0 Å². The van der Waals surface area contributed by atoms with E-state index in [4.69, 9.17) is 28.9 Å². The Bertz CT molecular complexity index is 2350. The molecule has 4 bridgehead atoms. The van der Waals surface area contributed by atoms with Gasteiger partial charge in [0, 0.05) is 79.9 Å². The monoisotopic (exact) mass is 862 g/mol. The first kappa shape index (κ1) is 46.6. The van der Waals surface area contributed by atoms with Crippen molar-refractivity contribution in [3.05, 3.63) is 63.2 Å². The van der Waals surface area contributed by atoms with E-state index in [1.54, 1.807) is 46.8 Å². The van der Waals surface area contributed by atoms with Crippen LogP contribution < -0.4 is 20.8 Å². The number of aliphatic hydroxyl groups excluding tert-OH is 2. The number of quaternary nitrogens is 1. The number of hydrogen-bond donors (Lipinski definition) is 5. The standard InChI is InChI=1S/C46H62N4O12/c1-22(2)21-50(58)18-16-46(17-19-50)48-34-31-32-39(54)28(8)42-33(31)43(56)45(10,62-42)60-20-15-30(59-11)25(5)41(61-29(9)51)27(7)38(53)26(6)37(52)23(3)13-12-14-24(4)44(57)47-36(40(32)55)35(34)49-46/h12-15,20,22-23,25-27,30,37-38,41,52-55H,16-19,21H2,1-11H3,(H,47,57)/b13-12+,20-15+,24-14-/t23-,25+,26+,27+,30-,37-,38+,41+,45-,46?,50?/m0/s1. The average Bonchev–Trinajstić information content (AvgIpc) is 3.72. The van der Waals surface area contributed by atoms with Crippen molar-refractivity contribution < 1.29 is 58.4 Å². The molecular formula is C46H62N4O12. The summed E-state index contributed by atoms with van der Waals surface area (Å²) in [5, 5.41) is 63.5. The molecule has 62 heavy (non-hydrogen) atoms. The van der Waals surface area contributed by atoms with Crippen LogP contribution in [0.5, 0.6) is 17.2 Å². The van der Waals surface area contributed by atoms with Crippen LogP contribution in [0.4, 0.5) is 5.69 Å². The molecule has 16 nitrogen and oxygen atoms in total. The van der Waals surface area contributed by atoms with Crippen LogP contribution in [-0.4, -0.2) is 105 Å². The number of nitrogens with one attached hydrogen (secondary N) is 1. The number of aliphatic hydroxyl groups is 2. The maximum absolute atomic E-state index is 14.7. The molecule has 0 unspecified atom stereocenters. The molecule has 0 aliphatic carbocycles. The van der Waals surface area contributed by atoms with Crippen LogP contribution in [0.25, 0.3) is 10.8 Å². The van der Waals surface area contributed by atoms with Crippen LogP contribution in [0.1, 0.15) is 91.1 Å². The zero-order valence-electron chi connectivity index (χ0n) is 37.5. The number of hydroxylamine groups is 3. The number of allylic oxidation sites excluding steroid dienone is 2. The molecule has 16 heteroatoms. The predicted molar refractivity (Wildman–Crippen MR) is 229 cm³/mol. The summed E-state index contributed by atoms with van der Waals surface area (Å²) >= 11 is 0. The molecule has 338 valence electrons. The summed E-state index contributed by atoms with van der Waals surface area (Å²) in [7, 11) is 1.45. The third-order valence-electron chi connectivity index (χ3n) is 13.1. The summed E-state index contributed by atoms with van der Waals surface area (Å²) in [5.74, 6) is -7.12. The lowest BCUT2D eigenvalue weighted by Gasteiger charge is -2.49. The first-order valence-corrected chi connectivity index (χ1v) is 21.4. The smallest absolute Gasteiger partial charge is 0.312 e. The van der Waals surface area contributed by atoms with Crippen LogP contribution in [0.15, 0.2) is 46.1 Å². The van der Waals surface area contributed by atoms with Crippen LogP contribution in [0.2, 0.25) is 0 Å². The number of carbonyl (C=O) groups is 3. The van der Waals surface area contributed by atoms with E-state index < -0.39 is 93.3 Å². The fourth-order valence-corrected chi connectivity index (χ4v) is 9.44. The fraction of sp³-hybridized carbons (Fsp3) is 0.587. The van der Waals surface area contributed by atoms with Gasteiger partial charge in [-0.05, 0) is 19.9 Å². The third-order valence-corrected chi connectivity index (χ3v) is 13.1. The number of amides is 1. The van der Waals surface area contributed by atoms with E-state index >= 15 is 0 Å². The molecule has 2 aromatic rings. The number of rotatable bonds is 4. The van der Waals surface area contributed by atoms with Crippen molar-refractivity contribution in [2.45, 2.75) is 118 Å². The molecule has 4 aliphatic heterocycles. The van der Waals surface area contributed by atoms with Crippen LogP contribution in [0, 0.1) is 41.7 Å². The SMILES string of the molecule is CO[C@H]1/C=C/O[C@@]2(C)Oc3c(C)c(O)c4c(O)c(c5c(c4c3C2=O)=NC2(CC[N+]([O-])(CC(C)C)CC2)N=5)NC(=O)/C(C)=C\C=C\[C@H](C)[C@H](O)[C@@H](C)[C@@H](O)[C@@H](C)[C@H](OC(C)=O)[C@@H]1C. The van der Waals surface area contributed by atoms with Crippen molar-refractivity contribution >= 4 is 34.1 Å². The van der Waals surface area contributed by atoms with Gasteiger partial charge in [-0.3, -0.25) is 24.4 Å². The molecule has 5 N–H and O–H groups in total.